The number of ketones is 1. The minimum absolute atomic E-state index is 0.115. The van der Waals surface area contributed by atoms with Crippen LogP contribution in [0.2, 0.25) is 10.0 Å². The first-order valence-corrected chi connectivity index (χ1v) is 12.2. The van der Waals surface area contributed by atoms with E-state index < -0.39 is 42.3 Å². The van der Waals surface area contributed by atoms with Crippen molar-refractivity contribution < 1.29 is 29.0 Å². The monoisotopic (exact) mass is 541 g/mol. The molecule has 0 unspecified atom stereocenters. The molecule has 37 heavy (non-hydrogen) atoms. The molecule has 0 saturated carbocycles. The Kier molecular flexibility index (Phi) is 7.95. The van der Waals surface area contributed by atoms with Crippen LogP contribution in [0.5, 0.6) is 0 Å². The maximum absolute atomic E-state index is 15.1. The van der Waals surface area contributed by atoms with E-state index in [4.69, 9.17) is 28.3 Å². The molecule has 0 aliphatic rings. The molecule has 190 valence electrons. The van der Waals surface area contributed by atoms with E-state index in [1.807, 2.05) is 6.07 Å². The van der Waals surface area contributed by atoms with Gasteiger partial charge in [0.2, 0.25) is 0 Å². The lowest BCUT2D eigenvalue weighted by atomic mass is 9.92. The lowest BCUT2D eigenvalue weighted by Gasteiger charge is -2.15. The van der Waals surface area contributed by atoms with Gasteiger partial charge in [0.05, 0.1) is 11.6 Å². The van der Waals surface area contributed by atoms with Crippen LogP contribution in [0.1, 0.15) is 35.3 Å². The van der Waals surface area contributed by atoms with E-state index in [9.17, 15) is 19.5 Å². The third kappa shape index (κ3) is 5.84. The number of fused-ring (bicyclic) bond motifs is 1. The van der Waals surface area contributed by atoms with Crippen molar-refractivity contribution in [3.05, 3.63) is 93.8 Å². The number of benzene rings is 3. The maximum Gasteiger partial charge on any atom is 0.306 e. The molecule has 1 atom stereocenters. The molecule has 0 bridgehead atoms. The number of hydrogen-bond donors (Lipinski definition) is 2. The van der Waals surface area contributed by atoms with Gasteiger partial charge in [-0.05, 0) is 48.4 Å². The lowest BCUT2D eigenvalue weighted by Crippen LogP contribution is -2.21. The predicted octanol–water partition coefficient (Wildman–Crippen LogP) is 6.94. The van der Waals surface area contributed by atoms with Crippen LogP contribution in [0.3, 0.4) is 0 Å². The normalized spacial score (nSPS) is 12.0. The van der Waals surface area contributed by atoms with Gasteiger partial charge in [-0.2, -0.15) is 0 Å². The number of aliphatic carboxylic acids is 2. The van der Waals surface area contributed by atoms with Crippen LogP contribution in [-0.4, -0.2) is 32.5 Å². The van der Waals surface area contributed by atoms with Gasteiger partial charge in [-0.1, -0.05) is 53.5 Å². The third-order valence-electron chi connectivity index (χ3n) is 6.15. The van der Waals surface area contributed by atoms with Crippen molar-refractivity contribution in [1.82, 2.24) is 4.57 Å². The largest absolute Gasteiger partial charge is 0.481 e. The average molecular weight is 542 g/mol. The highest BCUT2D eigenvalue weighted by Crippen LogP contribution is 2.39. The van der Waals surface area contributed by atoms with E-state index in [1.54, 1.807) is 53.1 Å². The van der Waals surface area contributed by atoms with Gasteiger partial charge in [0.15, 0.2) is 5.78 Å². The minimum atomic E-state index is -1.28. The highest BCUT2D eigenvalue weighted by atomic mass is 35.5. The first-order valence-electron chi connectivity index (χ1n) is 11.4. The van der Waals surface area contributed by atoms with E-state index in [1.165, 1.54) is 12.1 Å². The molecule has 1 aromatic heterocycles. The summed E-state index contributed by atoms with van der Waals surface area (Å²) in [6, 6.07) is 18.1. The molecular weight excluding hydrogens is 520 g/mol. The van der Waals surface area contributed by atoms with Crippen molar-refractivity contribution in [2.75, 3.05) is 0 Å². The zero-order valence-corrected chi connectivity index (χ0v) is 21.0. The Balaban J connectivity index is 1.95. The van der Waals surface area contributed by atoms with Crippen LogP contribution in [-0.2, 0) is 16.1 Å². The van der Waals surface area contributed by atoms with Gasteiger partial charge in [0.25, 0.3) is 0 Å². The van der Waals surface area contributed by atoms with E-state index in [0.29, 0.717) is 26.5 Å². The fourth-order valence-electron chi connectivity index (χ4n) is 4.47. The molecule has 3 aromatic carbocycles. The summed E-state index contributed by atoms with van der Waals surface area (Å²) < 4.78 is 16.8. The summed E-state index contributed by atoms with van der Waals surface area (Å²) in [5.41, 5.74) is 1.95. The number of halogens is 3. The van der Waals surface area contributed by atoms with Crippen LogP contribution >= 0.6 is 23.2 Å². The lowest BCUT2D eigenvalue weighted by molar-refractivity contribution is -0.142. The first kappa shape index (κ1) is 26.4. The smallest absolute Gasteiger partial charge is 0.306 e. The van der Waals surface area contributed by atoms with Gasteiger partial charge in [-0.15, -0.1) is 0 Å². The predicted molar refractivity (Wildman–Crippen MR) is 140 cm³/mol. The second-order valence-corrected chi connectivity index (χ2v) is 9.55. The van der Waals surface area contributed by atoms with E-state index in [0.717, 1.165) is 5.56 Å². The molecular formula is C28H22Cl2FNO5. The molecule has 2 N–H and O–H groups in total. The molecule has 0 fully saturated rings. The summed E-state index contributed by atoms with van der Waals surface area (Å²) in [7, 11) is 0. The van der Waals surface area contributed by atoms with Gasteiger partial charge < -0.3 is 14.8 Å². The fraction of sp³-hybridized carbons (Fsp3) is 0.179. The molecule has 0 spiro atoms. The van der Waals surface area contributed by atoms with Gasteiger partial charge >= 0.3 is 11.9 Å². The number of carboxylic acid groups (broad SMARTS) is 2. The Labute approximate surface area is 221 Å². The summed E-state index contributed by atoms with van der Waals surface area (Å²) in [4.78, 5) is 36.7. The molecule has 1 heterocycles. The van der Waals surface area contributed by atoms with Gasteiger partial charge in [-0.25, -0.2) is 4.39 Å². The Hall–Kier alpha value is -3.68. The van der Waals surface area contributed by atoms with Crippen molar-refractivity contribution >= 4 is 51.8 Å². The number of carbonyl (C=O) groups is 3. The summed E-state index contributed by atoms with van der Waals surface area (Å²) in [5, 5.41) is 20.1. The second-order valence-electron chi connectivity index (χ2n) is 8.68. The van der Waals surface area contributed by atoms with Crippen molar-refractivity contribution in [2.24, 2.45) is 5.92 Å². The molecule has 4 aromatic rings. The zero-order chi connectivity index (χ0) is 26.7. The zero-order valence-electron chi connectivity index (χ0n) is 19.5. The number of aromatic nitrogens is 1. The van der Waals surface area contributed by atoms with Gasteiger partial charge in [-0.3, -0.25) is 14.4 Å². The second kappa shape index (κ2) is 11.2. The standard InChI is InChI=1S/C28H22Cl2FNO5/c29-18-5-3-4-16(12-18)15-32-23-10-9-19(30)14-21(23)26(20-6-1-2-7-22(20)31)27(32)24(33)13-17(28(36)37)8-11-25(34)35/h1-7,9-10,12,14,17H,8,11,13,15H2,(H,34,35)(H,36,37)/t17-/m1/s1. The molecule has 0 amide bonds. The van der Waals surface area contributed by atoms with Crippen LogP contribution in [0.4, 0.5) is 4.39 Å². The highest BCUT2D eigenvalue weighted by molar-refractivity contribution is 6.31. The Morgan fingerprint density at radius 1 is 0.919 bits per heavy atom. The Morgan fingerprint density at radius 2 is 1.65 bits per heavy atom. The minimum Gasteiger partial charge on any atom is -0.481 e. The van der Waals surface area contributed by atoms with Crippen molar-refractivity contribution in [3.63, 3.8) is 0 Å². The average Bonchev–Trinajstić information content (AvgIpc) is 3.14. The number of nitrogens with zero attached hydrogens (tertiary/aromatic N) is 1. The van der Waals surface area contributed by atoms with Crippen LogP contribution in [0.15, 0.2) is 66.7 Å². The van der Waals surface area contributed by atoms with Crippen LogP contribution < -0.4 is 0 Å². The molecule has 0 aliphatic heterocycles. The molecule has 0 saturated heterocycles. The van der Waals surface area contributed by atoms with E-state index in [2.05, 4.69) is 0 Å². The number of carboxylic acids is 2. The van der Waals surface area contributed by atoms with Gasteiger partial charge in [0, 0.05) is 51.5 Å². The molecule has 0 aliphatic carbocycles. The third-order valence-corrected chi connectivity index (χ3v) is 6.62. The van der Waals surface area contributed by atoms with Gasteiger partial charge in [0.1, 0.15) is 5.82 Å². The van der Waals surface area contributed by atoms with E-state index in [-0.39, 0.29) is 24.2 Å². The first-order chi connectivity index (χ1) is 17.7. The number of rotatable bonds is 10. The number of carbonyl (C=O) groups excluding carboxylic acids is 1. The summed E-state index contributed by atoms with van der Waals surface area (Å²) in [6.45, 7) is 0.196. The summed E-state index contributed by atoms with van der Waals surface area (Å²) in [5.74, 6) is -4.76. The topological polar surface area (TPSA) is 96.6 Å². The van der Waals surface area contributed by atoms with Crippen molar-refractivity contribution in [1.29, 1.82) is 0 Å². The molecule has 9 heteroatoms. The van der Waals surface area contributed by atoms with Crippen LogP contribution in [0.25, 0.3) is 22.0 Å². The summed E-state index contributed by atoms with van der Waals surface area (Å²) in [6.07, 6.45) is -1.07. The highest BCUT2D eigenvalue weighted by Gasteiger charge is 2.30. The van der Waals surface area contributed by atoms with Crippen LogP contribution in [0, 0.1) is 11.7 Å². The molecule has 0 radical (unpaired) electrons. The SMILES string of the molecule is O=C(O)CC[C@H](CC(=O)c1c(-c2ccccc2F)c2cc(Cl)ccc2n1Cc1cccc(Cl)c1)C(=O)O. The molecule has 6 nitrogen and oxygen atoms in total. The van der Waals surface area contributed by atoms with Crippen molar-refractivity contribution in [2.45, 2.75) is 25.8 Å². The Morgan fingerprint density at radius 3 is 2.32 bits per heavy atom. The number of Topliss-reactive ketones (excluding diaryl/α,β-unsaturated/α-hetero) is 1. The summed E-state index contributed by atoms with van der Waals surface area (Å²) >= 11 is 12.5. The van der Waals surface area contributed by atoms with Crippen molar-refractivity contribution in [3.8, 4) is 11.1 Å². The molecule has 4 rings (SSSR count). The van der Waals surface area contributed by atoms with E-state index >= 15 is 4.39 Å². The maximum atomic E-state index is 15.1. The fourth-order valence-corrected chi connectivity index (χ4v) is 4.85. The quantitative estimate of drug-likeness (QED) is 0.212. The number of hydrogen-bond acceptors (Lipinski definition) is 3. The Bertz CT molecular complexity index is 1510.